The van der Waals surface area contributed by atoms with Crippen molar-refractivity contribution >= 4 is 17.8 Å². The average Bonchev–Trinajstić information content (AvgIpc) is 2.65. The Morgan fingerprint density at radius 2 is 1.75 bits per heavy atom. The zero-order chi connectivity index (χ0) is 20.6. The number of hydrogen-bond acceptors (Lipinski definition) is 4. The molecule has 1 aromatic rings. The van der Waals surface area contributed by atoms with Gasteiger partial charge in [-0.1, -0.05) is 19.3 Å². The van der Waals surface area contributed by atoms with Crippen molar-refractivity contribution < 1.29 is 19.1 Å². The van der Waals surface area contributed by atoms with Gasteiger partial charge >= 0.3 is 12.1 Å². The molecule has 1 aromatic carbocycles. The fourth-order valence-electron chi connectivity index (χ4n) is 3.39. The third-order valence-electron chi connectivity index (χ3n) is 4.75. The highest BCUT2D eigenvalue weighted by Gasteiger charge is 2.26. The van der Waals surface area contributed by atoms with Gasteiger partial charge in [-0.25, -0.2) is 9.59 Å². The van der Waals surface area contributed by atoms with Crippen molar-refractivity contribution in [3.8, 4) is 5.75 Å². The van der Waals surface area contributed by atoms with E-state index in [2.05, 4.69) is 16.0 Å². The lowest BCUT2D eigenvalue weighted by molar-refractivity contribution is 0.0516. The van der Waals surface area contributed by atoms with Crippen LogP contribution in [-0.4, -0.2) is 37.4 Å². The van der Waals surface area contributed by atoms with Crippen molar-refractivity contribution in [3.05, 3.63) is 24.3 Å². The number of alkyl carbamates (subject to hydrolysis) is 1. The van der Waals surface area contributed by atoms with Crippen LogP contribution in [0.25, 0.3) is 0 Å². The molecule has 1 atom stereocenters. The molecular weight excluding hydrogens is 358 g/mol. The Balaban J connectivity index is 1.93. The van der Waals surface area contributed by atoms with Crippen LogP contribution in [0.1, 0.15) is 52.9 Å². The topological polar surface area (TPSA) is 88.7 Å². The predicted octanol–water partition coefficient (Wildman–Crippen LogP) is 4.29. The Kier molecular flexibility index (Phi) is 7.96. The first-order chi connectivity index (χ1) is 13.3. The lowest BCUT2D eigenvalue weighted by Crippen LogP contribution is -2.50. The zero-order valence-electron chi connectivity index (χ0n) is 17.3. The van der Waals surface area contributed by atoms with Gasteiger partial charge < -0.3 is 25.4 Å². The van der Waals surface area contributed by atoms with E-state index in [-0.39, 0.29) is 12.1 Å². The van der Waals surface area contributed by atoms with Crippen molar-refractivity contribution in [2.75, 3.05) is 19.0 Å². The van der Waals surface area contributed by atoms with E-state index in [1.165, 1.54) is 6.42 Å². The van der Waals surface area contributed by atoms with Gasteiger partial charge in [0.25, 0.3) is 0 Å². The van der Waals surface area contributed by atoms with E-state index in [0.29, 0.717) is 18.2 Å². The molecule has 0 heterocycles. The summed E-state index contributed by atoms with van der Waals surface area (Å²) < 4.78 is 10.4. The summed E-state index contributed by atoms with van der Waals surface area (Å²) in [5, 5.41) is 8.67. The molecule has 28 heavy (non-hydrogen) atoms. The van der Waals surface area contributed by atoms with Gasteiger partial charge in [0, 0.05) is 12.2 Å². The number of anilines is 1. The smallest absolute Gasteiger partial charge is 0.407 e. The number of amides is 3. The summed E-state index contributed by atoms with van der Waals surface area (Å²) >= 11 is 0. The standard InChI is InChI=1S/C21H33N3O4/c1-21(2,3)28-20(26)22-14-18(15-8-6-5-7-9-15)24-19(25)23-16-10-12-17(27-4)13-11-16/h10-13,15,18H,5-9,14H2,1-4H3,(H,22,26)(H2,23,24,25)/t18-/m1/s1. The van der Waals surface area contributed by atoms with Gasteiger partial charge in [0.1, 0.15) is 11.4 Å². The minimum atomic E-state index is -0.552. The number of benzene rings is 1. The second-order valence-corrected chi connectivity index (χ2v) is 8.21. The zero-order valence-corrected chi connectivity index (χ0v) is 17.3. The molecule has 2 rings (SSSR count). The Morgan fingerprint density at radius 1 is 1.11 bits per heavy atom. The molecule has 1 saturated carbocycles. The fourth-order valence-corrected chi connectivity index (χ4v) is 3.39. The van der Waals surface area contributed by atoms with E-state index in [0.717, 1.165) is 31.4 Å². The SMILES string of the molecule is COc1ccc(NC(=O)N[C@H](CNC(=O)OC(C)(C)C)C2CCCCC2)cc1. The van der Waals surface area contributed by atoms with E-state index in [9.17, 15) is 9.59 Å². The number of nitrogens with one attached hydrogen (secondary N) is 3. The van der Waals surface area contributed by atoms with Crippen molar-refractivity contribution in [3.63, 3.8) is 0 Å². The first kappa shape index (κ1) is 21.9. The molecule has 7 heteroatoms. The van der Waals surface area contributed by atoms with Crippen LogP contribution < -0.4 is 20.7 Å². The first-order valence-corrected chi connectivity index (χ1v) is 9.95. The number of urea groups is 1. The third kappa shape index (κ3) is 7.66. The summed E-state index contributed by atoms with van der Waals surface area (Å²) in [7, 11) is 1.60. The molecule has 7 nitrogen and oxygen atoms in total. The minimum absolute atomic E-state index is 0.147. The first-order valence-electron chi connectivity index (χ1n) is 9.95. The highest BCUT2D eigenvalue weighted by Crippen LogP contribution is 2.26. The van der Waals surface area contributed by atoms with Gasteiger partial charge in [0.05, 0.1) is 13.2 Å². The predicted molar refractivity (Wildman–Crippen MR) is 110 cm³/mol. The summed E-state index contributed by atoms with van der Waals surface area (Å²) in [6.07, 6.45) is 5.14. The maximum absolute atomic E-state index is 12.5. The Bertz CT molecular complexity index is 634. The number of ether oxygens (including phenoxy) is 2. The van der Waals surface area contributed by atoms with Gasteiger partial charge in [-0.3, -0.25) is 0 Å². The van der Waals surface area contributed by atoms with Crippen LogP contribution >= 0.6 is 0 Å². The average molecular weight is 392 g/mol. The molecule has 3 amide bonds. The fraction of sp³-hybridized carbons (Fsp3) is 0.619. The molecule has 1 aliphatic carbocycles. The van der Waals surface area contributed by atoms with Crippen molar-refractivity contribution in [1.82, 2.24) is 10.6 Å². The summed E-state index contributed by atoms with van der Waals surface area (Å²) in [5.41, 5.74) is 0.129. The van der Waals surface area contributed by atoms with Crippen LogP contribution in [0.3, 0.4) is 0 Å². The highest BCUT2D eigenvalue weighted by molar-refractivity contribution is 5.89. The summed E-state index contributed by atoms with van der Waals surface area (Å²) in [6.45, 7) is 5.82. The molecule has 156 valence electrons. The van der Waals surface area contributed by atoms with Crippen LogP contribution in [0.15, 0.2) is 24.3 Å². The molecule has 3 N–H and O–H groups in total. The van der Waals surface area contributed by atoms with Crippen molar-refractivity contribution in [2.24, 2.45) is 5.92 Å². The van der Waals surface area contributed by atoms with E-state index in [4.69, 9.17) is 9.47 Å². The molecule has 0 spiro atoms. The molecule has 0 aromatic heterocycles. The number of rotatable bonds is 6. The normalized spacial score (nSPS) is 16.0. The monoisotopic (exact) mass is 391 g/mol. The molecule has 1 aliphatic rings. The maximum atomic E-state index is 12.5. The van der Waals surface area contributed by atoms with Crippen LogP contribution in [0.4, 0.5) is 15.3 Å². The Hall–Kier alpha value is -2.44. The lowest BCUT2D eigenvalue weighted by Gasteiger charge is -2.31. The Morgan fingerprint density at radius 3 is 2.32 bits per heavy atom. The summed E-state index contributed by atoms with van der Waals surface area (Å²) in [6, 6.07) is 6.72. The van der Waals surface area contributed by atoms with Crippen LogP contribution in [0, 0.1) is 5.92 Å². The quantitative estimate of drug-likeness (QED) is 0.675. The minimum Gasteiger partial charge on any atom is -0.497 e. The maximum Gasteiger partial charge on any atom is 0.407 e. The van der Waals surface area contributed by atoms with Crippen LogP contribution in [0.5, 0.6) is 5.75 Å². The van der Waals surface area contributed by atoms with Crippen molar-refractivity contribution in [2.45, 2.75) is 64.5 Å². The van der Waals surface area contributed by atoms with Gasteiger partial charge in [-0.15, -0.1) is 0 Å². The van der Waals surface area contributed by atoms with E-state index < -0.39 is 11.7 Å². The number of hydrogen-bond donors (Lipinski definition) is 3. The summed E-state index contributed by atoms with van der Waals surface area (Å²) in [5.74, 6) is 1.07. The number of methoxy groups -OCH3 is 1. The van der Waals surface area contributed by atoms with Gasteiger partial charge in [0.2, 0.25) is 0 Å². The Labute approximate surface area is 167 Å². The molecule has 0 radical (unpaired) electrons. The van der Waals surface area contributed by atoms with Crippen LogP contribution in [0.2, 0.25) is 0 Å². The molecule has 0 aliphatic heterocycles. The van der Waals surface area contributed by atoms with E-state index in [1.54, 1.807) is 31.4 Å². The molecular formula is C21H33N3O4. The van der Waals surface area contributed by atoms with E-state index >= 15 is 0 Å². The highest BCUT2D eigenvalue weighted by atomic mass is 16.6. The molecule has 1 fully saturated rings. The second-order valence-electron chi connectivity index (χ2n) is 8.21. The number of carbonyl (C=O) groups excluding carboxylic acids is 2. The van der Waals surface area contributed by atoms with Gasteiger partial charge in [0.15, 0.2) is 0 Å². The van der Waals surface area contributed by atoms with Gasteiger partial charge in [-0.05, 0) is 63.8 Å². The largest absolute Gasteiger partial charge is 0.497 e. The second kappa shape index (κ2) is 10.2. The third-order valence-corrected chi connectivity index (χ3v) is 4.75. The molecule has 0 unspecified atom stereocenters. The lowest BCUT2D eigenvalue weighted by atomic mass is 9.84. The summed E-state index contributed by atoms with van der Waals surface area (Å²) in [4.78, 5) is 24.5. The van der Waals surface area contributed by atoms with E-state index in [1.807, 2.05) is 20.8 Å². The van der Waals surface area contributed by atoms with Crippen LogP contribution in [-0.2, 0) is 4.74 Å². The van der Waals surface area contributed by atoms with Crippen molar-refractivity contribution in [1.29, 1.82) is 0 Å². The molecule has 0 saturated heterocycles. The van der Waals surface area contributed by atoms with Gasteiger partial charge in [-0.2, -0.15) is 0 Å². The molecule has 0 bridgehead atoms. The number of carbonyl (C=O) groups is 2.